The molecule has 0 aliphatic heterocycles. The highest BCUT2D eigenvalue weighted by Crippen LogP contribution is 2.40. The molecular formula is C13H26N2O2. The van der Waals surface area contributed by atoms with Gasteiger partial charge in [-0.15, -0.1) is 0 Å². The molecule has 1 saturated carbocycles. The van der Waals surface area contributed by atoms with Crippen molar-refractivity contribution in [2.75, 3.05) is 26.8 Å². The zero-order valence-corrected chi connectivity index (χ0v) is 11.5. The third-order valence-electron chi connectivity index (χ3n) is 3.49. The van der Waals surface area contributed by atoms with Crippen molar-refractivity contribution in [3.63, 3.8) is 0 Å². The van der Waals surface area contributed by atoms with Crippen molar-refractivity contribution < 1.29 is 9.53 Å². The molecule has 0 radical (unpaired) electrons. The molecule has 1 aliphatic carbocycles. The topological polar surface area (TPSA) is 50.4 Å². The second-order valence-corrected chi connectivity index (χ2v) is 5.88. The van der Waals surface area contributed by atoms with Crippen molar-refractivity contribution in [2.45, 2.75) is 39.7 Å². The minimum Gasteiger partial charge on any atom is -0.383 e. The zero-order chi connectivity index (χ0) is 12.9. The fraction of sp³-hybridized carbons (Fsp3) is 0.923. The van der Waals surface area contributed by atoms with Gasteiger partial charge in [0.1, 0.15) is 0 Å². The Hall–Kier alpha value is -0.610. The molecule has 100 valence electrons. The van der Waals surface area contributed by atoms with Gasteiger partial charge in [0.15, 0.2) is 0 Å². The molecule has 1 amide bonds. The maximum atomic E-state index is 11.5. The van der Waals surface area contributed by atoms with E-state index in [9.17, 15) is 4.79 Å². The summed E-state index contributed by atoms with van der Waals surface area (Å²) in [7, 11) is 1.63. The van der Waals surface area contributed by atoms with E-state index in [4.69, 9.17) is 4.74 Å². The van der Waals surface area contributed by atoms with Gasteiger partial charge in [-0.25, -0.2) is 0 Å². The summed E-state index contributed by atoms with van der Waals surface area (Å²) in [5.74, 6) is 0.704. The van der Waals surface area contributed by atoms with Crippen molar-refractivity contribution >= 4 is 5.91 Å². The highest BCUT2D eigenvalue weighted by molar-refractivity contribution is 5.77. The fourth-order valence-corrected chi connectivity index (χ4v) is 2.75. The first kappa shape index (κ1) is 14.5. The van der Waals surface area contributed by atoms with E-state index in [1.807, 2.05) is 0 Å². The van der Waals surface area contributed by atoms with Crippen LogP contribution in [0, 0.1) is 11.3 Å². The van der Waals surface area contributed by atoms with E-state index in [1.54, 1.807) is 7.11 Å². The van der Waals surface area contributed by atoms with Gasteiger partial charge in [-0.2, -0.15) is 0 Å². The van der Waals surface area contributed by atoms with Gasteiger partial charge in [0, 0.05) is 19.7 Å². The Labute approximate surface area is 104 Å². The average Bonchev–Trinajstić information content (AvgIpc) is 2.49. The lowest BCUT2D eigenvalue weighted by Gasteiger charge is -2.18. The number of methoxy groups -OCH3 is 1. The number of hydrogen-bond acceptors (Lipinski definition) is 3. The molecular weight excluding hydrogens is 216 g/mol. The Morgan fingerprint density at radius 2 is 2.12 bits per heavy atom. The SMILES string of the molecule is COCCNC(=O)CNC1CC(C)(C)CC1C. The van der Waals surface area contributed by atoms with Crippen LogP contribution in [0.5, 0.6) is 0 Å². The normalized spacial score (nSPS) is 27.1. The number of carbonyl (C=O) groups excluding carboxylic acids is 1. The molecule has 0 aromatic carbocycles. The minimum atomic E-state index is 0.0546. The van der Waals surface area contributed by atoms with Crippen molar-refractivity contribution in [1.29, 1.82) is 0 Å². The molecule has 0 spiro atoms. The van der Waals surface area contributed by atoms with Crippen molar-refractivity contribution in [2.24, 2.45) is 11.3 Å². The first-order chi connectivity index (χ1) is 7.94. The summed E-state index contributed by atoms with van der Waals surface area (Å²) in [5, 5.41) is 6.18. The highest BCUT2D eigenvalue weighted by Gasteiger charge is 2.36. The van der Waals surface area contributed by atoms with Crippen molar-refractivity contribution in [3.05, 3.63) is 0 Å². The van der Waals surface area contributed by atoms with Crippen LogP contribution in [-0.2, 0) is 9.53 Å². The predicted octanol–water partition coefficient (Wildman–Crippen LogP) is 1.16. The summed E-state index contributed by atoms with van der Waals surface area (Å²) in [6.07, 6.45) is 2.38. The first-order valence-corrected chi connectivity index (χ1v) is 6.43. The van der Waals surface area contributed by atoms with Gasteiger partial charge >= 0.3 is 0 Å². The van der Waals surface area contributed by atoms with Gasteiger partial charge in [0.25, 0.3) is 0 Å². The van der Waals surface area contributed by atoms with Crippen LogP contribution in [-0.4, -0.2) is 38.8 Å². The van der Waals surface area contributed by atoms with Gasteiger partial charge in [-0.1, -0.05) is 20.8 Å². The molecule has 0 aromatic rings. The lowest BCUT2D eigenvalue weighted by Crippen LogP contribution is -2.41. The first-order valence-electron chi connectivity index (χ1n) is 6.43. The Morgan fingerprint density at radius 1 is 1.41 bits per heavy atom. The van der Waals surface area contributed by atoms with E-state index in [0.29, 0.717) is 37.1 Å². The highest BCUT2D eigenvalue weighted by atomic mass is 16.5. The number of carbonyl (C=O) groups is 1. The van der Waals surface area contributed by atoms with Crippen LogP contribution in [0.1, 0.15) is 33.6 Å². The summed E-state index contributed by atoms with van der Waals surface area (Å²) in [5.41, 5.74) is 0.406. The summed E-state index contributed by atoms with van der Waals surface area (Å²) >= 11 is 0. The quantitative estimate of drug-likeness (QED) is 0.687. The van der Waals surface area contributed by atoms with E-state index in [-0.39, 0.29) is 5.91 Å². The second kappa shape index (κ2) is 6.36. The number of nitrogens with one attached hydrogen (secondary N) is 2. The van der Waals surface area contributed by atoms with Gasteiger partial charge in [0.05, 0.1) is 13.2 Å². The average molecular weight is 242 g/mol. The summed E-state index contributed by atoms with van der Waals surface area (Å²) in [4.78, 5) is 11.5. The van der Waals surface area contributed by atoms with Crippen molar-refractivity contribution in [1.82, 2.24) is 10.6 Å². The molecule has 2 N–H and O–H groups in total. The molecule has 0 saturated heterocycles. The van der Waals surface area contributed by atoms with E-state index in [0.717, 1.165) is 6.42 Å². The molecule has 0 bridgehead atoms. The molecule has 1 aliphatic rings. The maximum absolute atomic E-state index is 11.5. The molecule has 2 unspecified atom stereocenters. The molecule has 0 heterocycles. The van der Waals surface area contributed by atoms with Crippen LogP contribution >= 0.6 is 0 Å². The second-order valence-electron chi connectivity index (χ2n) is 5.88. The Balaban J connectivity index is 2.20. The standard InChI is InChI=1S/C13H26N2O2/c1-10-7-13(2,3)8-11(10)15-9-12(16)14-5-6-17-4/h10-11,15H,5-9H2,1-4H3,(H,14,16). The number of ether oxygens (including phenoxy) is 1. The Morgan fingerprint density at radius 3 is 2.65 bits per heavy atom. The molecule has 4 nitrogen and oxygen atoms in total. The molecule has 0 aromatic heterocycles. The van der Waals surface area contributed by atoms with Gasteiger partial charge in [-0.05, 0) is 24.2 Å². The number of hydrogen-bond donors (Lipinski definition) is 2. The summed E-state index contributed by atoms with van der Waals surface area (Å²) < 4.78 is 4.88. The largest absolute Gasteiger partial charge is 0.383 e. The lowest BCUT2D eigenvalue weighted by atomic mass is 9.91. The summed E-state index contributed by atoms with van der Waals surface area (Å²) in [6, 6.07) is 0.471. The Bertz CT molecular complexity index is 254. The van der Waals surface area contributed by atoms with E-state index in [2.05, 4.69) is 31.4 Å². The maximum Gasteiger partial charge on any atom is 0.234 e. The van der Waals surface area contributed by atoms with Gasteiger partial charge in [0.2, 0.25) is 5.91 Å². The lowest BCUT2D eigenvalue weighted by molar-refractivity contribution is -0.120. The van der Waals surface area contributed by atoms with Crippen LogP contribution in [0.4, 0.5) is 0 Å². The smallest absolute Gasteiger partial charge is 0.234 e. The van der Waals surface area contributed by atoms with Crippen LogP contribution in [0.15, 0.2) is 0 Å². The third-order valence-corrected chi connectivity index (χ3v) is 3.49. The molecule has 4 heteroatoms. The number of rotatable bonds is 6. The third kappa shape index (κ3) is 5.04. The van der Waals surface area contributed by atoms with E-state index in [1.165, 1.54) is 6.42 Å². The summed E-state index contributed by atoms with van der Waals surface area (Å²) in [6.45, 7) is 8.42. The van der Waals surface area contributed by atoms with Crippen LogP contribution in [0.2, 0.25) is 0 Å². The van der Waals surface area contributed by atoms with Crippen LogP contribution in [0.3, 0.4) is 0 Å². The van der Waals surface area contributed by atoms with E-state index < -0.39 is 0 Å². The van der Waals surface area contributed by atoms with Crippen LogP contribution in [0.25, 0.3) is 0 Å². The minimum absolute atomic E-state index is 0.0546. The monoisotopic (exact) mass is 242 g/mol. The Kier molecular flexibility index (Phi) is 5.40. The van der Waals surface area contributed by atoms with Gasteiger partial charge in [-0.3, -0.25) is 4.79 Å². The molecule has 1 fully saturated rings. The molecule has 1 rings (SSSR count). The van der Waals surface area contributed by atoms with E-state index >= 15 is 0 Å². The number of amides is 1. The van der Waals surface area contributed by atoms with Gasteiger partial charge < -0.3 is 15.4 Å². The van der Waals surface area contributed by atoms with Crippen molar-refractivity contribution in [3.8, 4) is 0 Å². The van der Waals surface area contributed by atoms with Crippen LogP contribution < -0.4 is 10.6 Å². The molecule has 17 heavy (non-hydrogen) atoms. The predicted molar refractivity (Wildman–Crippen MR) is 68.9 cm³/mol. The molecule has 2 atom stereocenters. The zero-order valence-electron chi connectivity index (χ0n) is 11.5. The fourth-order valence-electron chi connectivity index (χ4n) is 2.75.